The molecule has 1 aliphatic rings. The number of thiazole rings is 1. The predicted molar refractivity (Wildman–Crippen MR) is 233 cm³/mol. The number of rotatable bonds is 16. The number of benzene rings is 5. The number of aromatic nitrogens is 1. The monoisotopic (exact) mass is 809 g/mol. The van der Waals surface area contributed by atoms with Crippen LogP contribution in [0.3, 0.4) is 0 Å². The van der Waals surface area contributed by atoms with Crippen molar-refractivity contribution in [3.63, 3.8) is 0 Å². The Hall–Kier alpha value is -6.33. The lowest BCUT2D eigenvalue weighted by molar-refractivity contribution is -0.137. The normalized spacial score (nSPS) is 16.5. The lowest BCUT2D eigenvalue weighted by atomic mass is 9.78. The average Bonchev–Trinajstić information content (AvgIpc) is 3.73. The van der Waals surface area contributed by atoms with Gasteiger partial charge in [0.2, 0.25) is 5.13 Å². The molecule has 0 bridgehead atoms. The number of fused-ring (bicyclic) bond motifs is 2. The van der Waals surface area contributed by atoms with Crippen LogP contribution in [0.5, 0.6) is 11.5 Å². The summed E-state index contributed by atoms with van der Waals surface area (Å²) in [6.45, 7) is 8.00. The second kappa shape index (κ2) is 19.4. The third kappa shape index (κ3) is 10.6. The maximum absolute atomic E-state index is 13.5. The minimum absolute atomic E-state index is 0.0559. The first kappa shape index (κ1) is 40.9. The van der Waals surface area contributed by atoms with E-state index in [0.717, 1.165) is 60.2 Å². The standard InChI is InChI=1S/C48H47N3O7S/c1-4-9-32-12-20-44(40(25-32)29-49-51-48-50-42(30-59-48)37-15-13-33-10-6-7-11-34(33)26-37)58-46(53)38-18-21-43(31(3)24-38)57-47(54)39-16-14-36-28-41(19-17-35(36)27-39)55-22-8-23-56-45(52)5-2/h5-7,10-11,13-19,21,24,26-30,32,40,44H,2,4,8-9,12,20,22-23,25H2,1,3H3,(H,50,51)/b49-29+/t32?,40?,44-/m0/s1. The predicted octanol–water partition coefficient (Wildman–Crippen LogP) is 11.0. The summed E-state index contributed by atoms with van der Waals surface area (Å²) in [6.07, 6.45) is 8.05. The molecule has 59 heavy (non-hydrogen) atoms. The molecule has 1 saturated carbocycles. The lowest BCUT2D eigenvalue weighted by Gasteiger charge is -2.33. The third-order valence-corrected chi connectivity index (χ3v) is 11.2. The molecule has 0 amide bonds. The molecule has 2 unspecified atom stereocenters. The molecule has 7 rings (SSSR count). The van der Waals surface area contributed by atoms with Gasteiger partial charge in [-0.05, 0) is 108 Å². The summed E-state index contributed by atoms with van der Waals surface area (Å²) in [6, 6.07) is 30.4. The summed E-state index contributed by atoms with van der Waals surface area (Å²) in [5.41, 5.74) is 6.46. The van der Waals surface area contributed by atoms with Gasteiger partial charge in [0.1, 0.15) is 17.6 Å². The van der Waals surface area contributed by atoms with Crippen molar-refractivity contribution < 1.29 is 33.3 Å². The van der Waals surface area contributed by atoms with Crippen LogP contribution in [0.25, 0.3) is 32.8 Å². The summed E-state index contributed by atoms with van der Waals surface area (Å²) >= 11 is 1.49. The topological polar surface area (TPSA) is 125 Å². The molecule has 1 N–H and O–H groups in total. The first-order chi connectivity index (χ1) is 28.8. The van der Waals surface area contributed by atoms with Gasteiger partial charge in [0.25, 0.3) is 0 Å². The number of hydrogen-bond donors (Lipinski definition) is 1. The molecule has 0 saturated heterocycles. The number of ether oxygens (including phenoxy) is 4. The van der Waals surface area contributed by atoms with Gasteiger partial charge in [-0.3, -0.25) is 5.43 Å². The molecule has 0 spiro atoms. The summed E-state index contributed by atoms with van der Waals surface area (Å²) in [5, 5.41) is 11.4. The van der Waals surface area contributed by atoms with E-state index in [4.69, 9.17) is 23.9 Å². The summed E-state index contributed by atoms with van der Waals surface area (Å²) in [4.78, 5) is 42.7. The van der Waals surface area contributed by atoms with E-state index in [9.17, 15) is 14.4 Å². The van der Waals surface area contributed by atoms with Crippen molar-refractivity contribution in [2.75, 3.05) is 18.6 Å². The molecular formula is C48H47N3O7S. The Kier molecular flexibility index (Phi) is 13.4. The van der Waals surface area contributed by atoms with Crippen LogP contribution in [0.15, 0.2) is 120 Å². The molecule has 3 atom stereocenters. The number of aryl methyl sites for hydroxylation is 1. The summed E-state index contributed by atoms with van der Waals surface area (Å²) < 4.78 is 22.7. The second-order valence-corrected chi connectivity index (χ2v) is 15.6. The molecule has 1 fully saturated rings. The highest BCUT2D eigenvalue weighted by molar-refractivity contribution is 7.14. The van der Waals surface area contributed by atoms with Crippen molar-refractivity contribution in [1.82, 2.24) is 4.98 Å². The maximum Gasteiger partial charge on any atom is 0.343 e. The van der Waals surface area contributed by atoms with Gasteiger partial charge in [-0.25, -0.2) is 19.4 Å². The highest BCUT2D eigenvalue weighted by Crippen LogP contribution is 2.34. The molecule has 302 valence electrons. The molecule has 1 aliphatic carbocycles. The van der Waals surface area contributed by atoms with Gasteiger partial charge in [-0.1, -0.05) is 74.9 Å². The molecule has 0 radical (unpaired) electrons. The van der Waals surface area contributed by atoms with Crippen LogP contribution in [-0.4, -0.2) is 48.4 Å². The second-order valence-electron chi connectivity index (χ2n) is 14.7. The van der Waals surface area contributed by atoms with E-state index in [-0.39, 0.29) is 18.6 Å². The zero-order valence-electron chi connectivity index (χ0n) is 33.2. The summed E-state index contributed by atoms with van der Waals surface area (Å²) in [5.74, 6) is 0.107. The van der Waals surface area contributed by atoms with Gasteiger partial charge < -0.3 is 18.9 Å². The van der Waals surface area contributed by atoms with Crippen molar-refractivity contribution in [1.29, 1.82) is 0 Å². The highest BCUT2D eigenvalue weighted by Gasteiger charge is 2.32. The molecule has 5 aromatic carbocycles. The fourth-order valence-corrected chi connectivity index (χ4v) is 8.08. The van der Waals surface area contributed by atoms with Gasteiger partial charge >= 0.3 is 17.9 Å². The van der Waals surface area contributed by atoms with E-state index in [1.54, 1.807) is 37.3 Å². The van der Waals surface area contributed by atoms with E-state index in [1.165, 1.54) is 22.1 Å². The number of carbonyl (C=O) groups is 3. The Morgan fingerprint density at radius 1 is 0.881 bits per heavy atom. The van der Waals surface area contributed by atoms with E-state index in [2.05, 4.69) is 54.4 Å². The largest absolute Gasteiger partial charge is 0.493 e. The van der Waals surface area contributed by atoms with E-state index >= 15 is 0 Å². The van der Waals surface area contributed by atoms with Crippen LogP contribution < -0.4 is 14.9 Å². The number of nitrogens with one attached hydrogen (secondary N) is 1. The zero-order valence-corrected chi connectivity index (χ0v) is 34.0. The average molecular weight is 810 g/mol. The molecule has 1 aromatic heterocycles. The van der Waals surface area contributed by atoms with Gasteiger partial charge in [0, 0.05) is 35.6 Å². The van der Waals surface area contributed by atoms with Crippen LogP contribution >= 0.6 is 11.3 Å². The van der Waals surface area contributed by atoms with E-state index < -0.39 is 17.9 Å². The third-order valence-electron chi connectivity index (χ3n) is 10.5. The number of esters is 3. The maximum atomic E-state index is 13.5. The van der Waals surface area contributed by atoms with Crippen LogP contribution in [0, 0.1) is 18.8 Å². The van der Waals surface area contributed by atoms with Crippen LogP contribution in [0.2, 0.25) is 0 Å². The number of nitrogens with zero attached hydrogens (tertiary/aromatic N) is 2. The fourth-order valence-electron chi connectivity index (χ4n) is 7.41. The van der Waals surface area contributed by atoms with E-state index in [0.29, 0.717) is 52.3 Å². The Morgan fingerprint density at radius 3 is 2.47 bits per heavy atom. The van der Waals surface area contributed by atoms with Crippen molar-refractivity contribution in [3.05, 3.63) is 132 Å². The first-order valence-corrected chi connectivity index (χ1v) is 20.9. The number of carbonyl (C=O) groups excluding carboxylic acids is 3. The molecular weight excluding hydrogens is 763 g/mol. The van der Waals surface area contributed by atoms with Crippen LogP contribution in [0.4, 0.5) is 5.13 Å². The van der Waals surface area contributed by atoms with Crippen molar-refractivity contribution >= 4 is 62.1 Å². The Bertz CT molecular complexity index is 2490. The SMILES string of the molecule is C=CC(=O)OCCCOc1ccc2cc(C(=O)Oc3ccc(C(=O)O[C@H]4CCC(CCC)CC4/C=N/Nc4nc(-c5ccc6ccccc6c5)cs4)cc3C)ccc2c1. The molecule has 11 heteroatoms. The molecule has 10 nitrogen and oxygen atoms in total. The minimum atomic E-state index is -0.512. The number of hydrogen-bond acceptors (Lipinski definition) is 11. The fraction of sp³-hybridized carbons (Fsp3) is 0.271. The van der Waals surface area contributed by atoms with Gasteiger partial charge in [-0.15, -0.1) is 11.3 Å². The van der Waals surface area contributed by atoms with E-state index in [1.807, 2.05) is 48.0 Å². The van der Waals surface area contributed by atoms with Gasteiger partial charge in [-0.2, -0.15) is 5.10 Å². The Balaban J connectivity index is 0.944. The number of anilines is 1. The van der Waals surface area contributed by atoms with Crippen molar-refractivity contribution in [3.8, 4) is 22.8 Å². The molecule has 6 aromatic rings. The van der Waals surface area contributed by atoms with Crippen LogP contribution in [-0.2, 0) is 14.3 Å². The lowest BCUT2D eigenvalue weighted by Crippen LogP contribution is -2.34. The highest BCUT2D eigenvalue weighted by atomic mass is 32.1. The quantitative estimate of drug-likeness (QED) is 0.0254. The smallest absolute Gasteiger partial charge is 0.343 e. The zero-order chi connectivity index (χ0) is 41.1. The van der Waals surface area contributed by atoms with Crippen LogP contribution in [0.1, 0.15) is 71.7 Å². The van der Waals surface area contributed by atoms with Gasteiger partial charge in [0.05, 0.1) is 30.0 Å². The Labute approximate surface area is 347 Å². The molecule has 0 aliphatic heterocycles. The van der Waals surface area contributed by atoms with Crippen molar-refractivity contribution in [2.24, 2.45) is 16.9 Å². The summed E-state index contributed by atoms with van der Waals surface area (Å²) in [7, 11) is 0. The van der Waals surface area contributed by atoms with Gasteiger partial charge in [0.15, 0.2) is 0 Å². The van der Waals surface area contributed by atoms with Crippen molar-refractivity contribution in [2.45, 2.75) is 58.5 Å². The molecule has 1 heterocycles. The minimum Gasteiger partial charge on any atom is -0.493 e. The Morgan fingerprint density at radius 2 is 1.64 bits per heavy atom. The number of hydrazone groups is 1. The first-order valence-electron chi connectivity index (χ1n) is 20.0.